The van der Waals surface area contributed by atoms with Gasteiger partial charge in [0.05, 0.1) is 11.9 Å². The molecule has 0 atom stereocenters. The summed E-state index contributed by atoms with van der Waals surface area (Å²) in [5, 5.41) is 3.26. The summed E-state index contributed by atoms with van der Waals surface area (Å²) in [6, 6.07) is 2.14. The summed E-state index contributed by atoms with van der Waals surface area (Å²) in [6.45, 7) is 3.35. The van der Waals surface area contributed by atoms with E-state index in [2.05, 4.69) is 21.3 Å². The molecule has 1 aromatic heterocycles. The van der Waals surface area contributed by atoms with Gasteiger partial charge < -0.3 is 10.2 Å². The Bertz CT molecular complexity index is 414. The van der Waals surface area contributed by atoms with Crippen LogP contribution < -0.4 is 10.2 Å². The van der Waals surface area contributed by atoms with Gasteiger partial charge in [-0.1, -0.05) is 12.8 Å². The average molecular weight is 259 g/mol. The van der Waals surface area contributed by atoms with Crippen molar-refractivity contribution in [2.24, 2.45) is 5.41 Å². The third-order valence-corrected chi connectivity index (χ3v) is 5.08. The lowest BCUT2D eigenvalue weighted by molar-refractivity contribution is 0.226. The predicted molar refractivity (Wildman–Crippen MR) is 79.3 cm³/mol. The smallest absolute Gasteiger partial charge is 0.0598 e. The molecule has 0 bridgehead atoms. The van der Waals surface area contributed by atoms with Gasteiger partial charge in [0.15, 0.2) is 0 Å². The molecule has 19 heavy (non-hydrogen) atoms. The zero-order valence-corrected chi connectivity index (χ0v) is 12.0. The first kappa shape index (κ1) is 12.9. The molecular weight excluding hydrogens is 234 g/mol. The molecule has 0 amide bonds. The van der Waals surface area contributed by atoms with E-state index in [-0.39, 0.29) is 0 Å². The first-order valence-electron chi connectivity index (χ1n) is 7.65. The van der Waals surface area contributed by atoms with E-state index in [0.717, 1.165) is 6.54 Å². The van der Waals surface area contributed by atoms with Crippen molar-refractivity contribution in [1.29, 1.82) is 0 Å². The van der Waals surface area contributed by atoms with Gasteiger partial charge in [0, 0.05) is 25.8 Å². The van der Waals surface area contributed by atoms with Crippen LogP contribution in [0.1, 0.15) is 44.1 Å². The minimum absolute atomic E-state index is 0.696. The number of nitrogens with one attached hydrogen (secondary N) is 1. The van der Waals surface area contributed by atoms with E-state index in [1.54, 1.807) is 0 Å². The number of rotatable bonds is 3. The second kappa shape index (κ2) is 5.49. The summed E-state index contributed by atoms with van der Waals surface area (Å²) in [5.74, 6) is 0. The van der Waals surface area contributed by atoms with E-state index >= 15 is 0 Å². The first-order chi connectivity index (χ1) is 9.33. The van der Waals surface area contributed by atoms with E-state index in [1.165, 1.54) is 62.9 Å². The summed E-state index contributed by atoms with van der Waals surface area (Å²) in [4.78, 5) is 6.87. The Morgan fingerprint density at radius 1 is 1.21 bits per heavy atom. The third kappa shape index (κ3) is 2.62. The van der Waals surface area contributed by atoms with Crippen molar-refractivity contribution in [1.82, 2.24) is 10.3 Å². The third-order valence-electron chi connectivity index (χ3n) is 5.08. The maximum absolute atomic E-state index is 4.32. The molecular formula is C16H25N3. The fourth-order valence-electron chi connectivity index (χ4n) is 3.89. The Hall–Kier alpha value is -1.09. The molecule has 1 aliphatic heterocycles. The zero-order chi connectivity index (χ0) is 13.1. The van der Waals surface area contributed by atoms with Gasteiger partial charge in [0.25, 0.3) is 0 Å². The van der Waals surface area contributed by atoms with Crippen molar-refractivity contribution in [2.75, 3.05) is 25.0 Å². The number of hydrogen-bond donors (Lipinski definition) is 1. The number of piperidine rings is 1. The molecule has 3 nitrogen and oxygen atoms in total. The molecule has 2 heterocycles. The second-order valence-electron chi connectivity index (χ2n) is 6.23. The molecule has 1 aliphatic carbocycles. The highest BCUT2D eigenvalue weighted by Gasteiger charge is 2.37. The molecule has 0 aromatic carbocycles. The van der Waals surface area contributed by atoms with Gasteiger partial charge in [-0.15, -0.1) is 0 Å². The van der Waals surface area contributed by atoms with E-state index in [4.69, 9.17) is 0 Å². The highest BCUT2D eigenvalue weighted by Crippen LogP contribution is 2.46. The van der Waals surface area contributed by atoms with Crippen LogP contribution in [0.25, 0.3) is 0 Å². The van der Waals surface area contributed by atoms with Crippen molar-refractivity contribution < 1.29 is 0 Å². The van der Waals surface area contributed by atoms with Crippen LogP contribution in [0.4, 0.5) is 5.69 Å². The van der Waals surface area contributed by atoms with Crippen LogP contribution in [0.15, 0.2) is 18.5 Å². The average Bonchev–Trinajstić information content (AvgIpc) is 2.89. The predicted octanol–water partition coefficient (Wildman–Crippen LogP) is 2.96. The summed E-state index contributed by atoms with van der Waals surface area (Å²) >= 11 is 0. The molecule has 1 saturated carbocycles. The standard InChI is InChI=1S/C16H25N3/c1-17-12-14-4-9-18-13-15(14)19-10-7-16(8-11-19)5-2-3-6-16/h4,9,13,17H,2-3,5-8,10-12H2,1H3. The van der Waals surface area contributed by atoms with E-state index in [0.29, 0.717) is 5.41 Å². The molecule has 1 spiro atoms. The Kier molecular flexibility index (Phi) is 3.74. The van der Waals surface area contributed by atoms with Crippen molar-refractivity contribution in [3.63, 3.8) is 0 Å². The molecule has 0 unspecified atom stereocenters. The normalized spacial score (nSPS) is 22.1. The van der Waals surface area contributed by atoms with Crippen molar-refractivity contribution >= 4 is 5.69 Å². The monoisotopic (exact) mass is 259 g/mol. The fourth-order valence-corrected chi connectivity index (χ4v) is 3.89. The van der Waals surface area contributed by atoms with Gasteiger partial charge in [0.2, 0.25) is 0 Å². The molecule has 1 N–H and O–H groups in total. The quantitative estimate of drug-likeness (QED) is 0.904. The van der Waals surface area contributed by atoms with Crippen molar-refractivity contribution in [3.8, 4) is 0 Å². The van der Waals surface area contributed by atoms with Crippen LogP contribution in [0.3, 0.4) is 0 Å². The number of hydrogen-bond acceptors (Lipinski definition) is 3. The zero-order valence-electron chi connectivity index (χ0n) is 12.0. The minimum atomic E-state index is 0.696. The van der Waals surface area contributed by atoms with Gasteiger partial charge >= 0.3 is 0 Å². The summed E-state index contributed by atoms with van der Waals surface area (Å²) in [6.07, 6.45) is 12.5. The number of pyridine rings is 1. The topological polar surface area (TPSA) is 28.2 Å². The summed E-state index contributed by atoms with van der Waals surface area (Å²) < 4.78 is 0. The van der Waals surface area contributed by atoms with Gasteiger partial charge in [-0.3, -0.25) is 4.98 Å². The van der Waals surface area contributed by atoms with Crippen LogP contribution in [0, 0.1) is 5.41 Å². The molecule has 2 fully saturated rings. The van der Waals surface area contributed by atoms with Crippen LogP contribution >= 0.6 is 0 Å². The molecule has 3 rings (SSSR count). The van der Waals surface area contributed by atoms with E-state index < -0.39 is 0 Å². The Morgan fingerprint density at radius 2 is 1.95 bits per heavy atom. The molecule has 1 aromatic rings. The Labute approximate surface area is 116 Å². The Balaban J connectivity index is 1.71. The van der Waals surface area contributed by atoms with Gasteiger partial charge in [-0.2, -0.15) is 0 Å². The van der Waals surface area contributed by atoms with Crippen LogP contribution in [0.2, 0.25) is 0 Å². The fraction of sp³-hybridized carbons (Fsp3) is 0.688. The van der Waals surface area contributed by atoms with Crippen molar-refractivity contribution in [3.05, 3.63) is 24.0 Å². The lowest BCUT2D eigenvalue weighted by Gasteiger charge is -2.41. The lowest BCUT2D eigenvalue weighted by atomic mass is 9.77. The first-order valence-corrected chi connectivity index (χ1v) is 7.65. The largest absolute Gasteiger partial charge is 0.370 e. The van der Waals surface area contributed by atoms with E-state index in [9.17, 15) is 0 Å². The minimum Gasteiger partial charge on any atom is -0.370 e. The maximum Gasteiger partial charge on any atom is 0.0598 e. The molecule has 1 saturated heterocycles. The SMILES string of the molecule is CNCc1ccncc1N1CCC2(CCCC2)CC1. The molecule has 0 radical (unpaired) electrons. The van der Waals surface area contributed by atoms with Crippen LogP contribution in [-0.2, 0) is 6.54 Å². The second-order valence-corrected chi connectivity index (χ2v) is 6.23. The molecule has 2 aliphatic rings. The summed E-state index contributed by atoms with van der Waals surface area (Å²) in [7, 11) is 2.01. The number of anilines is 1. The van der Waals surface area contributed by atoms with Crippen LogP contribution in [0.5, 0.6) is 0 Å². The van der Waals surface area contributed by atoms with Crippen LogP contribution in [-0.4, -0.2) is 25.1 Å². The maximum atomic E-state index is 4.32. The lowest BCUT2D eigenvalue weighted by Crippen LogP contribution is -2.39. The Morgan fingerprint density at radius 3 is 2.63 bits per heavy atom. The summed E-state index contributed by atoms with van der Waals surface area (Å²) in [5.41, 5.74) is 3.41. The van der Waals surface area contributed by atoms with Gasteiger partial charge in [-0.05, 0) is 49.8 Å². The number of nitrogens with zero attached hydrogens (tertiary/aromatic N) is 2. The van der Waals surface area contributed by atoms with Gasteiger partial charge in [-0.25, -0.2) is 0 Å². The van der Waals surface area contributed by atoms with Gasteiger partial charge in [0.1, 0.15) is 0 Å². The highest BCUT2D eigenvalue weighted by molar-refractivity contribution is 5.52. The molecule has 3 heteroatoms. The van der Waals surface area contributed by atoms with E-state index in [1.807, 2.05) is 19.4 Å². The highest BCUT2D eigenvalue weighted by atomic mass is 15.1. The molecule has 104 valence electrons. The number of aromatic nitrogens is 1. The van der Waals surface area contributed by atoms with Crippen molar-refractivity contribution in [2.45, 2.75) is 45.1 Å².